The van der Waals surface area contributed by atoms with Gasteiger partial charge >= 0.3 is 0 Å². The molecule has 0 amide bonds. The third kappa shape index (κ3) is 4.22. The van der Waals surface area contributed by atoms with Crippen molar-refractivity contribution in [2.45, 2.75) is 45.7 Å². The van der Waals surface area contributed by atoms with E-state index >= 15 is 0 Å². The second-order valence-corrected chi connectivity index (χ2v) is 5.72. The molecule has 0 radical (unpaired) electrons. The van der Waals surface area contributed by atoms with Crippen LogP contribution in [0.15, 0.2) is 24.3 Å². The minimum Gasteiger partial charge on any atom is -0.494 e. The van der Waals surface area contributed by atoms with Crippen LogP contribution in [0.1, 0.15) is 45.2 Å². The Morgan fingerprint density at radius 1 is 1.30 bits per heavy atom. The van der Waals surface area contributed by atoms with Crippen molar-refractivity contribution in [3.63, 3.8) is 0 Å². The minimum absolute atomic E-state index is 0.353. The zero-order valence-electron chi connectivity index (χ0n) is 12.9. The molecule has 3 atom stereocenters. The summed E-state index contributed by atoms with van der Waals surface area (Å²) in [5.74, 6) is 1.60. The molecule has 1 saturated heterocycles. The van der Waals surface area contributed by atoms with Gasteiger partial charge < -0.3 is 14.8 Å². The van der Waals surface area contributed by atoms with Crippen LogP contribution in [-0.4, -0.2) is 25.9 Å². The Morgan fingerprint density at radius 2 is 2.05 bits per heavy atom. The van der Waals surface area contributed by atoms with Crippen LogP contribution in [0.5, 0.6) is 5.75 Å². The molecule has 1 aromatic rings. The zero-order valence-corrected chi connectivity index (χ0v) is 12.9. The summed E-state index contributed by atoms with van der Waals surface area (Å²) >= 11 is 0. The van der Waals surface area contributed by atoms with E-state index in [4.69, 9.17) is 9.47 Å². The molecule has 0 saturated carbocycles. The van der Waals surface area contributed by atoms with Crippen LogP contribution in [0, 0.1) is 5.92 Å². The molecule has 3 unspecified atom stereocenters. The lowest BCUT2D eigenvalue weighted by atomic mass is 9.98. The Labute approximate surface area is 122 Å². The number of ether oxygens (including phenoxy) is 2. The third-order valence-electron chi connectivity index (χ3n) is 4.04. The standard InChI is InChI=1S/C17H27NO2/c1-4-10-20-17-7-5-15(6-8-17)13(2)18-14(3)16-9-11-19-12-16/h5-8,13-14,16,18H,4,9-12H2,1-3H3. The topological polar surface area (TPSA) is 30.5 Å². The van der Waals surface area contributed by atoms with Crippen molar-refractivity contribution in [3.8, 4) is 5.75 Å². The van der Waals surface area contributed by atoms with E-state index in [1.54, 1.807) is 0 Å². The molecule has 0 aromatic heterocycles. The fourth-order valence-corrected chi connectivity index (χ4v) is 2.65. The van der Waals surface area contributed by atoms with Gasteiger partial charge in [-0.25, -0.2) is 0 Å². The molecule has 20 heavy (non-hydrogen) atoms. The highest BCUT2D eigenvalue weighted by Crippen LogP contribution is 2.22. The lowest BCUT2D eigenvalue weighted by Crippen LogP contribution is -2.35. The van der Waals surface area contributed by atoms with Gasteiger partial charge in [0.05, 0.1) is 13.2 Å². The summed E-state index contributed by atoms with van der Waals surface area (Å²) in [6, 6.07) is 9.27. The molecule has 0 bridgehead atoms. The van der Waals surface area contributed by atoms with E-state index in [0.717, 1.165) is 32.0 Å². The first-order valence-electron chi connectivity index (χ1n) is 7.77. The number of hydrogen-bond donors (Lipinski definition) is 1. The predicted molar refractivity (Wildman–Crippen MR) is 82.2 cm³/mol. The van der Waals surface area contributed by atoms with Crippen LogP contribution in [0.3, 0.4) is 0 Å². The van der Waals surface area contributed by atoms with Gasteiger partial charge in [-0.2, -0.15) is 0 Å². The van der Waals surface area contributed by atoms with Gasteiger partial charge in [-0.3, -0.25) is 0 Å². The largest absolute Gasteiger partial charge is 0.494 e. The Balaban J connectivity index is 1.86. The first kappa shape index (κ1) is 15.3. The molecule has 1 fully saturated rings. The van der Waals surface area contributed by atoms with Crippen LogP contribution in [0.25, 0.3) is 0 Å². The zero-order chi connectivity index (χ0) is 14.4. The molecule has 0 aliphatic carbocycles. The fourth-order valence-electron chi connectivity index (χ4n) is 2.65. The molecule has 112 valence electrons. The van der Waals surface area contributed by atoms with Crippen molar-refractivity contribution < 1.29 is 9.47 Å². The summed E-state index contributed by atoms with van der Waals surface area (Å²) in [6.07, 6.45) is 2.21. The van der Waals surface area contributed by atoms with Crippen molar-refractivity contribution >= 4 is 0 Å². The molecule has 1 N–H and O–H groups in total. The Bertz CT molecular complexity index is 384. The third-order valence-corrected chi connectivity index (χ3v) is 4.04. The van der Waals surface area contributed by atoms with E-state index in [-0.39, 0.29) is 0 Å². The quantitative estimate of drug-likeness (QED) is 0.826. The molecular weight excluding hydrogens is 250 g/mol. The van der Waals surface area contributed by atoms with Crippen molar-refractivity contribution in [3.05, 3.63) is 29.8 Å². The molecule has 1 aromatic carbocycles. The molecule has 0 spiro atoms. The van der Waals surface area contributed by atoms with Crippen LogP contribution in [0.4, 0.5) is 0 Å². The van der Waals surface area contributed by atoms with Gasteiger partial charge in [0.25, 0.3) is 0 Å². The van der Waals surface area contributed by atoms with Crippen LogP contribution in [-0.2, 0) is 4.74 Å². The predicted octanol–water partition coefficient (Wildman–Crippen LogP) is 3.55. The van der Waals surface area contributed by atoms with E-state index < -0.39 is 0 Å². The van der Waals surface area contributed by atoms with Crippen molar-refractivity contribution in [1.29, 1.82) is 0 Å². The second-order valence-electron chi connectivity index (χ2n) is 5.72. The van der Waals surface area contributed by atoms with E-state index in [2.05, 4.69) is 50.4 Å². The monoisotopic (exact) mass is 277 g/mol. The molecular formula is C17H27NO2. The molecule has 3 heteroatoms. The van der Waals surface area contributed by atoms with Gasteiger partial charge in [0.1, 0.15) is 5.75 Å². The lowest BCUT2D eigenvalue weighted by molar-refractivity contribution is 0.177. The summed E-state index contributed by atoms with van der Waals surface area (Å²) < 4.78 is 11.1. The highest BCUT2D eigenvalue weighted by atomic mass is 16.5. The van der Waals surface area contributed by atoms with E-state index in [1.807, 2.05) is 0 Å². The van der Waals surface area contributed by atoms with Crippen LogP contribution < -0.4 is 10.1 Å². The summed E-state index contributed by atoms with van der Waals surface area (Å²) in [4.78, 5) is 0. The van der Waals surface area contributed by atoms with Crippen molar-refractivity contribution in [2.24, 2.45) is 5.92 Å². The molecule has 3 nitrogen and oxygen atoms in total. The minimum atomic E-state index is 0.353. The highest BCUT2D eigenvalue weighted by molar-refractivity contribution is 5.29. The fraction of sp³-hybridized carbons (Fsp3) is 0.647. The average molecular weight is 277 g/mol. The van der Waals surface area contributed by atoms with E-state index in [1.165, 1.54) is 12.0 Å². The molecule has 1 aliphatic heterocycles. The normalized spacial score (nSPS) is 21.6. The smallest absolute Gasteiger partial charge is 0.119 e. The van der Waals surface area contributed by atoms with E-state index in [9.17, 15) is 0 Å². The second kappa shape index (κ2) is 7.65. The van der Waals surface area contributed by atoms with Gasteiger partial charge in [0.2, 0.25) is 0 Å². The average Bonchev–Trinajstić information content (AvgIpc) is 3.00. The SMILES string of the molecule is CCCOc1ccc(C(C)NC(C)C2CCOC2)cc1. The summed E-state index contributed by atoms with van der Waals surface area (Å²) in [6.45, 7) is 9.18. The summed E-state index contributed by atoms with van der Waals surface area (Å²) in [5, 5.41) is 3.68. The Morgan fingerprint density at radius 3 is 2.65 bits per heavy atom. The molecule has 1 heterocycles. The highest BCUT2D eigenvalue weighted by Gasteiger charge is 2.23. The van der Waals surface area contributed by atoms with Crippen molar-refractivity contribution in [2.75, 3.05) is 19.8 Å². The summed E-state index contributed by atoms with van der Waals surface area (Å²) in [7, 11) is 0. The van der Waals surface area contributed by atoms with Gasteiger partial charge in [-0.1, -0.05) is 19.1 Å². The van der Waals surface area contributed by atoms with Gasteiger partial charge in [0, 0.05) is 18.7 Å². The van der Waals surface area contributed by atoms with Gasteiger partial charge in [-0.15, -0.1) is 0 Å². The maximum absolute atomic E-state index is 5.62. The number of hydrogen-bond acceptors (Lipinski definition) is 3. The summed E-state index contributed by atoms with van der Waals surface area (Å²) in [5.41, 5.74) is 1.31. The molecule has 2 rings (SSSR count). The number of nitrogens with one attached hydrogen (secondary N) is 1. The first-order chi connectivity index (χ1) is 9.70. The van der Waals surface area contributed by atoms with Gasteiger partial charge in [-0.05, 0) is 50.3 Å². The van der Waals surface area contributed by atoms with Crippen LogP contribution >= 0.6 is 0 Å². The van der Waals surface area contributed by atoms with E-state index in [0.29, 0.717) is 18.0 Å². The number of rotatable bonds is 7. The maximum Gasteiger partial charge on any atom is 0.119 e. The van der Waals surface area contributed by atoms with Gasteiger partial charge in [0.15, 0.2) is 0 Å². The maximum atomic E-state index is 5.62. The van der Waals surface area contributed by atoms with Crippen LogP contribution in [0.2, 0.25) is 0 Å². The lowest BCUT2D eigenvalue weighted by Gasteiger charge is -2.24. The Hall–Kier alpha value is -1.06. The van der Waals surface area contributed by atoms with Crippen molar-refractivity contribution in [1.82, 2.24) is 5.32 Å². The first-order valence-corrected chi connectivity index (χ1v) is 7.77. The molecule has 1 aliphatic rings. The Kier molecular flexibility index (Phi) is 5.86. The number of benzene rings is 1.